The van der Waals surface area contributed by atoms with Crippen LogP contribution in [0.4, 0.5) is 0 Å². The van der Waals surface area contributed by atoms with E-state index < -0.39 is 0 Å². The molecule has 0 saturated heterocycles. The van der Waals surface area contributed by atoms with E-state index in [9.17, 15) is 0 Å². The first-order valence-corrected chi connectivity index (χ1v) is 18.9. The molecule has 51 heavy (non-hydrogen) atoms. The summed E-state index contributed by atoms with van der Waals surface area (Å²) in [5, 5.41) is 0. The molecule has 0 aliphatic heterocycles. The van der Waals surface area contributed by atoms with Gasteiger partial charge in [-0.1, -0.05) is 132 Å². The minimum atomic E-state index is 0.0690. The second kappa shape index (κ2) is 16.1. The summed E-state index contributed by atoms with van der Waals surface area (Å²) in [4.78, 5) is 14.1. The van der Waals surface area contributed by atoms with Crippen LogP contribution in [-0.4, -0.2) is 15.0 Å². The summed E-state index contributed by atoms with van der Waals surface area (Å²) in [5.74, 6) is 7.04. The molecule has 0 spiro atoms. The molecule has 0 N–H and O–H groups in total. The van der Waals surface area contributed by atoms with Gasteiger partial charge in [-0.2, -0.15) is 0 Å². The van der Waals surface area contributed by atoms with Crippen molar-refractivity contribution in [3.8, 4) is 56.9 Å². The van der Waals surface area contributed by atoms with Gasteiger partial charge in [-0.15, -0.1) is 0 Å². The van der Waals surface area contributed by atoms with E-state index in [4.69, 9.17) is 4.98 Å². The van der Waals surface area contributed by atoms with Gasteiger partial charge < -0.3 is 0 Å². The Hall–Kier alpha value is -5.33. The van der Waals surface area contributed by atoms with Gasteiger partial charge in [0.25, 0.3) is 0 Å². The summed E-state index contributed by atoms with van der Waals surface area (Å²) in [6.45, 7) is 4.61. The minimum Gasteiger partial charge on any atom is -0.255 e. The average molecular weight is 666 g/mol. The maximum Gasteiger partial charge on any atom is 0.0900 e. The Kier molecular flexibility index (Phi) is 10.8. The maximum atomic E-state index is 4.93. The van der Waals surface area contributed by atoms with Crippen LogP contribution < -0.4 is 0 Å². The first kappa shape index (κ1) is 34.1. The summed E-state index contributed by atoms with van der Waals surface area (Å²) >= 11 is 0. The SMILES string of the molecule is CCCCCCC1(CCCCCC)c2ccccc2-c2ccc(C#Cc3ccc(-c4cc(-c5ccccn5)nc(-c5ccccn5)c4)cc3)cc21. The fraction of sp³-hybridized carbons (Fsp3) is 0.271. The van der Waals surface area contributed by atoms with Crippen molar-refractivity contribution in [3.63, 3.8) is 0 Å². The third kappa shape index (κ3) is 7.57. The molecule has 1 aliphatic rings. The van der Waals surface area contributed by atoms with Gasteiger partial charge in [0.2, 0.25) is 0 Å². The fourth-order valence-corrected chi connectivity index (χ4v) is 7.78. The molecule has 6 aromatic rings. The zero-order chi connectivity index (χ0) is 34.9. The van der Waals surface area contributed by atoms with Crippen LogP contribution in [0.5, 0.6) is 0 Å². The van der Waals surface area contributed by atoms with E-state index in [1.807, 2.05) is 36.4 Å². The summed E-state index contributed by atoms with van der Waals surface area (Å²) in [7, 11) is 0. The molecule has 254 valence electrons. The Bertz CT molecular complexity index is 2050. The van der Waals surface area contributed by atoms with E-state index in [1.165, 1.54) is 86.5 Å². The largest absolute Gasteiger partial charge is 0.255 e. The molecule has 0 amide bonds. The second-order valence-electron chi connectivity index (χ2n) is 13.9. The Morgan fingerprint density at radius 1 is 0.471 bits per heavy atom. The first-order chi connectivity index (χ1) is 25.2. The molecule has 0 radical (unpaired) electrons. The molecule has 7 rings (SSSR count). The van der Waals surface area contributed by atoms with Crippen LogP contribution in [0.25, 0.3) is 45.0 Å². The smallest absolute Gasteiger partial charge is 0.0900 e. The summed E-state index contributed by atoms with van der Waals surface area (Å²) in [6.07, 6.45) is 16.3. The number of benzene rings is 3. The van der Waals surface area contributed by atoms with Gasteiger partial charge in [0.1, 0.15) is 0 Å². The van der Waals surface area contributed by atoms with Gasteiger partial charge in [-0.3, -0.25) is 9.97 Å². The standard InChI is InChI=1S/C48H47N3/c1-3-5-7-13-29-48(30-14-8-6-4-2)42-18-10-9-17-40(42)41-28-25-37(33-43(41)48)22-21-36-23-26-38(27-24-36)39-34-46(44-19-11-15-31-49-44)51-47(35-39)45-20-12-16-32-50-45/h9-12,15-20,23-28,31-35H,3-8,13-14,29-30H2,1-2H3. The molecule has 0 bridgehead atoms. The Balaban J connectivity index is 1.19. The molecular weight excluding hydrogens is 619 g/mol. The van der Waals surface area contributed by atoms with Crippen molar-refractivity contribution in [2.75, 3.05) is 0 Å². The van der Waals surface area contributed by atoms with E-state index in [1.54, 1.807) is 12.4 Å². The third-order valence-corrected chi connectivity index (χ3v) is 10.4. The molecule has 3 aromatic heterocycles. The molecule has 3 nitrogen and oxygen atoms in total. The molecule has 0 unspecified atom stereocenters. The number of nitrogens with zero attached hydrogens (tertiary/aromatic N) is 3. The van der Waals surface area contributed by atoms with Crippen LogP contribution in [0.2, 0.25) is 0 Å². The van der Waals surface area contributed by atoms with Crippen molar-refractivity contribution in [2.45, 2.75) is 83.5 Å². The van der Waals surface area contributed by atoms with Crippen LogP contribution in [0.15, 0.2) is 128 Å². The third-order valence-electron chi connectivity index (χ3n) is 10.4. The summed E-state index contributed by atoms with van der Waals surface area (Å²) in [6, 6.07) is 40.8. The van der Waals surface area contributed by atoms with E-state index in [0.29, 0.717) is 0 Å². The first-order valence-electron chi connectivity index (χ1n) is 18.9. The van der Waals surface area contributed by atoms with Crippen molar-refractivity contribution in [2.24, 2.45) is 0 Å². The van der Waals surface area contributed by atoms with Crippen LogP contribution in [0.3, 0.4) is 0 Å². The predicted octanol–water partition coefficient (Wildman–Crippen LogP) is 12.5. The molecular formula is C48H47N3. The van der Waals surface area contributed by atoms with E-state index in [2.05, 4.69) is 115 Å². The fourth-order valence-electron chi connectivity index (χ4n) is 7.78. The highest BCUT2D eigenvalue weighted by Gasteiger charge is 2.42. The van der Waals surface area contributed by atoms with Crippen molar-refractivity contribution in [3.05, 3.63) is 150 Å². The van der Waals surface area contributed by atoms with Crippen molar-refractivity contribution >= 4 is 0 Å². The number of fused-ring (bicyclic) bond motifs is 3. The van der Waals surface area contributed by atoms with Crippen LogP contribution in [0.1, 0.15) is 100 Å². The molecule has 0 saturated carbocycles. The molecule has 0 atom stereocenters. The Morgan fingerprint density at radius 3 is 1.65 bits per heavy atom. The van der Waals surface area contributed by atoms with Crippen molar-refractivity contribution in [1.29, 1.82) is 0 Å². The van der Waals surface area contributed by atoms with Gasteiger partial charge in [0, 0.05) is 28.9 Å². The quantitative estimate of drug-likeness (QED) is 0.0910. The van der Waals surface area contributed by atoms with Crippen LogP contribution in [0, 0.1) is 11.8 Å². The highest BCUT2D eigenvalue weighted by atomic mass is 14.8. The van der Waals surface area contributed by atoms with E-state index in [-0.39, 0.29) is 5.41 Å². The zero-order valence-corrected chi connectivity index (χ0v) is 30.0. The Morgan fingerprint density at radius 2 is 1.04 bits per heavy atom. The van der Waals surface area contributed by atoms with Gasteiger partial charge in [0.05, 0.1) is 22.8 Å². The normalized spacial score (nSPS) is 12.5. The highest BCUT2D eigenvalue weighted by molar-refractivity contribution is 5.82. The number of hydrogen-bond acceptors (Lipinski definition) is 3. The zero-order valence-electron chi connectivity index (χ0n) is 30.0. The second-order valence-corrected chi connectivity index (χ2v) is 13.9. The van der Waals surface area contributed by atoms with Crippen molar-refractivity contribution in [1.82, 2.24) is 15.0 Å². The van der Waals surface area contributed by atoms with E-state index in [0.717, 1.165) is 45.0 Å². The van der Waals surface area contributed by atoms with Crippen molar-refractivity contribution < 1.29 is 0 Å². The highest BCUT2D eigenvalue weighted by Crippen LogP contribution is 2.54. The summed E-state index contributed by atoms with van der Waals surface area (Å²) < 4.78 is 0. The number of pyridine rings is 3. The molecule has 3 aromatic carbocycles. The average Bonchev–Trinajstić information content (AvgIpc) is 3.47. The van der Waals surface area contributed by atoms with Gasteiger partial charge in [0.15, 0.2) is 0 Å². The molecule has 1 aliphatic carbocycles. The molecule has 3 heteroatoms. The van der Waals surface area contributed by atoms with E-state index >= 15 is 0 Å². The van der Waals surface area contributed by atoms with Crippen LogP contribution in [-0.2, 0) is 5.41 Å². The number of hydrogen-bond donors (Lipinski definition) is 0. The number of rotatable bonds is 13. The van der Waals surface area contributed by atoms with Gasteiger partial charge >= 0.3 is 0 Å². The lowest BCUT2D eigenvalue weighted by Crippen LogP contribution is -2.25. The molecule has 0 fully saturated rings. The minimum absolute atomic E-state index is 0.0690. The monoisotopic (exact) mass is 665 g/mol. The maximum absolute atomic E-state index is 4.93. The number of aromatic nitrogens is 3. The summed E-state index contributed by atoms with van der Waals surface area (Å²) in [5.41, 5.74) is 13.5. The molecule has 3 heterocycles. The van der Waals surface area contributed by atoms with Gasteiger partial charge in [-0.25, -0.2) is 4.98 Å². The van der Waals surface area contributed by atoms with Gasteiger partial charge in [-0.05, 0) is 107 Å². The Labute approximate surface area is 304 Å². The lowest BCUT2D eigenvalue weighted by Gasteiger charge is -2.33. The van der Waals surface area contributed by atoms with Crippen LogP contribution >= 0.6 is 0 Å². The lowest BCUT2D eigenvalue weighted by atomic mass is 9.70. The number of unbranched alkanes of at least 4 members (excludes halogenated alkanes) is 6. The topological polar surface area (TPSA) is 38.7 Å². The lowest BCUT2D eigenvalue weighted by molar-refractivity contribution is 0.401. The predicted molar refractivity (Wildman–Crippen MR) is 212 cm³/mol.